The van der Waals surface area contributed by atoms with Gasteiger partial charge in [-0.2, -0.15) is 0 Å². The molecule has 1 aliphatic rings. The quantitative estimate of drug-likeness (QED) is 0.907. The minimum absolute atomic E-state index is 0.206. The maximum atomic E-state index is 10.5. The number of carbonyl (C=O) groups is 1. The van der Waals surface area contributed by atoms with Gasteiger partial charge in [-0.05, 0) is 35.7 Å². The molecule has 1 unspecified atom stereocenters. The van der Waals surface area contributed by atoms with Gasteiger partial charge in [0, 0.05) is 12.0 Å². The zero-order chi connectivity index (χ0) is 15.5. The fraction of sp³-hybridized carbons (Fsp3) is 0.235. The number of carboxylic acids is 1. The van der Waals surface area contributed by atoms with E-state index in [2.05, 4.69) is 0 Å². The Hall–Kier alpha value is -2.69. The predicted molar refractivity (Wildman–Crippen MR) is 79.6 cm³/mol. The molecule has 0 spiro atoms. The summed E-state index contributed by atoms with van der Waals surface area (Å²) in [5, 5.41) is 18.0. The van der Waals surface area contributed by atoms with E-state index >= 15 is 0 Å². The molecule has 0 fully saturated rings. The molecule has 0 amide bonds. The number of carboxylic acid groups (broad SMARTS) is 1. The number of ether oxygens (including phenoxy) is 2. The number of hydrogen-bond acceptors (Lipinski definition) is 4. The number of aromatic hydroxyl groups is 1. The monoisotopic (exact) mass is 300 g/mol. The van der Waals surface area contributed by atoms with E-state index in [9.17, 15) is 9.90 Å². The second kappa shape index (κ2) is 5.97. The fourth-order valence-corrected chi connectivity index (χ4v) is 2.56. The van der Waals surface area contributed by atoms with Crippen molar-refractivity contribution >= 4 is 5.97 Å². The number of rotatable bonds is 4. The minimum atomic E-state index is -0.996. The standard InChI is InChI=1S/C17H16O5/c18-14-4-1-12-7-13(9-22-16(12)8-14)11-2-5-15(6-3-11)21-10-17(19)20/h1-6,8,13,18H,7,9-10H2,(H,19,20). The molecule has 0 saturated carbocycles. The van der Waals surface area contributed by atoms with Crippen LogP contribution in [0.5, 0.6) is 17.2 Å². The molecule has 2 N–H and O–H groups in total. The molecule has 1 atom stereocenters. The average Bonchev–Trinajstić information content (AvgIpc) is 2.53. The van der Waals surface area contributed by atoms with Crippen molar-refractivity contribution in [1.82, 2.24) is 0 Å². The third-order valence-corrected chi connectivity index (χ3v) is 3.67. The van der Waals surface area contributed by atoms with E-state index in [1.807, 2.05) is 18.2 Å². The predicted octanol–water partition coefficient (Wildman–Crippen LogP) is 2.57. The van der Waals surface area contributed by atoms with Gasteiger partial charge in [0.25, 0.3) is 0 Å². The first-order chi connectivity index (χ1) is 10.6. The highest BCUT2D eigenvalue weighted by Crippen LogP contribution is 2.34. The summed E-state index contributed by atoms with van der Waals surface area (Å²) in [5.74, 6) is 0.707. The number of fused-ring (bicyclic) bond motifs is 1. The lowest BCUT2D eigenvalue weighted by atomic mass is 9.90. The highest BCUT2D eigenvalue weighted by Gasteiger charge is 2.21. The smallest absolute Gasteiger partial charge is 0.341 e. The maximum Gasteiger partial charge on any atom is 0.341 e. The van der Waals surface area contributed by atoms with Crippen LogP contribution in [0.3, 0.4) is 0 Å². The Morgan fingerprint density at radius 3 is 2.73 bits per heavy atom. The summed E-state index contributed by atoms with van der Waals surface area (Å²) >= 11 is 0. The Labute approximate surface area is 127 Å². The maximum absolute atomic E-state index is 10.5. The number of phenols is 1. The van der Waals surface area contributed by atoms with Gasteiger partial charge in [0.1, 0.15) is 17.2 Å². The molecule has 114 valence electrons. The Kier molecular flexibility index (Phi) is 3.87. The van der Waals surface area contributed by atoms with Gasteiger partial charge in [-0.3, -0.25) is 0 Å². The van der Waals surface area contributed by atoms with Gasteiger partial charge in [0.05, 0.1) is 6.61 Å². The lowest BCUT2D eigenvalue weighted by molar-refractivity contribution is -0.139. The van der Waals surface area contributed by atoms with Crippen molar-refractivity contribution < 1.29 is 24.5 Å². The molecular weight excluding hydrogens is 284 g/mol. The van der Waals surface area contributed by atoms with Crippen LogP contribution in [0.25, 0.3) is 0 Å². The van der Waals surface area contributed by atoms with Crippen LogP contribution >= 0.6 is 0 Å². The first kappa shape index (κ1) is 14.3. The molecule has 3 rings (SSSR count). The van der Waals surface area contributed by atoms with Gasteiger partial charge in [-0.1, -0.05) is 18.2 Å². The first-order valence-corrected chi connectivity index (χ1v) is 7.01. The van der Waals surface area contributed by atoms with E-state index in [0.29, 0.717) is 12.4 Å². The van der Waals surface area contributed by atoms with Crippen LogP contribution in [-0.2, 0) is 11.2 Å². The summed E-state index contributed by atoms with van der Waals surface area (Å²) in [4.78, 5) is 10.5. The van der Waals surface area contributed by atoms with Crippen LogP contribution in [0.1, 0.15) is 17.0 Å². The summed E-state index contributed by atoms with van der Waals surface area (Å²) in [6.45, 7) is 0.203. The largest absolute Gasteiger partial charge is 0.508 e. The molecule has 2 aromatic carbocycles. The summed E-state index contributed by atoms with van der Waals surface area (Å²) in [5.41, 5.74) is 2.18. The van der Waals surface area contributed by atoms with Crippen LogP contribution in [0.15, 0.2) is 42.5 Å². The van der Waals surface area contributed by atoms with E-state index in [-0.39, 0.29) is 18.3 Å². The molecule has 0 saturated heterocycles. The van der Waals surface area contributed by atoms with Crippen molar-refractivity contribution in [2.24, 2.45) is 0 Å². The highest BCUT2D eigenvalue weighted by molar-refractivity contribution is 5.68. The third kappa shape index (κ3) is 3.14. The fourth-order valence-electron chi connectivity index (χ4n) is 2.56. The number of aliphatic carboxylic acids is 1. The summed E-state index contributed by atoms with van der Waals surface area (Å²) in [6, 6.07) is 12.6. The van der Waals surface area contributed by atoms with Crippen LogP contribution in [0.2, 0.25) is 0 Å². The van der Waals surface area contributed by atoms with Crippen molar-refractivity contribution in [2.75, 3.05) is 13.2 Å². The first-order valence-electron chi connectivity index (χ1n) is 7.01. The van der Waals surface area contributed by atoms with Crippen LogP contribution < -0.4 is 9.47 Å². The van der Waals surface area contributed by atoms with Gasteiger partial charge in [-0.15, -0.1) is 0 Å². The third-order valence-electron chi connectivity index (χ3n) is 3.67. The lowest BCUT2D eigenvalue weighted by Gasteiger charge is -2.25. The summed E-state index contributed by atoms with van der Waals surface area (Å²) < 4.78 is 10.8. The van der Waals surface area contributed by atoms with Gasteiger partial charge in [0.2, 0.25) is 0 Å². The molecule has 5 nitrogen and oxygen atoms in total. The minimum Gasteiger partial charge on any atom is -0.508 e. The highest BCUT2D eigenvalue weighted by atomic mass is 16.5. The van der Waals surface area contributed by atoms with E-state index in [1.54, 1.807) is 24.3 Å². The Morgan fingerprint density at radius 2 is 2.00 bits per heavy atom. The molecule has 1 aliphatic heterocycles. The van der Waals surface area contributed by atoms with E-state index in [1.165, 1.54) is 0 Å². The van der Waals surface area contributed by atoms with Gasteiger partial charge >= 0.3 is 5.97 Å². The van der Waals surface area contributed by atoms with Crippen LogP contribution in [-0.4, -0.2) is 29.4 Å². The molecular formula is C17H16O5. The topological polar surface area (TPSA) is 76.0 Å². The van der Waals surface area contributed by atoms with Gasteiger partial charge in [-0.25, -0.2) is 4.79 Å². The number of hydrogen-bond donors (Lipinski definition) is 2. The normalized spacial score (nSPS) is 16.5. The average molecular weight is 300 g/mol. The Balaban J connectivity index is 1.70. The summed E-state index contributed by atoms with van der Waals surface area (Å²) in [6.07, 6.45) is 0.838. The van der Waals surface area contributed by atoms with Crippen molar-refractivity contribution in [3.8, 4) is 17.2 Å². The SMILES string of the molecule is O=C(O)COc1ccc(C2COc3cc(O)ccc3C2)cc1. The molecule has 0 radical (unpaired) electrons. The van der Waals surface area contributed by atoms with Crippen molar-refractivity contribution in [2.45, 2.75) is 12.3 Å². The van der Waals surface area contributed by atoms with E-state index in [0.717, 1.165) is 23.3 Å². The molecule has 0 bridgehead atoms. The van der Waals surface area contributed by atoms with Crippen molar-refractivity contribution in [3.05, 3.63) is 53.6 Å². The van der Waals surface area contributed by atoms with E-state index < -0.39 is 5.97 Å². The molecule has 1 heterocycles. The second-order valence-corrected chi connectivity index (χ2v) is 5.26. The Morgan fingerprint density at radius 1 is 1.23 bits per heavy atom. The zero-order valence-electron chi connectivity index (χ0n) is 11.9. The lowest BCUT2D eigenvalue weighted by Crippen LogP contribution is -2.19. The molecule has 2 aromatic rings. The van der Waals surface area contributed by atoms with Crippen LogP contribution in [0, 0.1) is 0 Å². The van der Waals surface area contributed by atoms with E-state index in [4.69, 9.17) is 14.6 Å². The van der Waals surface area contributed by atoms with Gasteiger partial charge in [0.15, 0.2) is 6.61 Å². The Bertz CT molecular complexity index is 678. The van der Waals surface area contributed by atoms with Crippen molar-refractivity contribution in [1.29, 1.82) is 0 Å². The molecule has 5 heteroatoms. The zero-order valence-corrected chi connectivity index (χ0v) is 11.9. The second-order valence-electron chi connectivity index (χ2n) is 5.26. The molecule has 22 heavy (non-hydrogen) atoms. The molecule has 0 aromatic heterocycles. The number of benzene rings is 2. The molecule has 0 aliphatic carbocycles. The van der Waals surface area contributed by atoms with Crippen LogP contribution in [0.4, 0.5) is 0 Å². The summed E-state index contributed by atoms with van der Waals surface area (Å²) in [7, 11) is 0. The number of phenolic OH excluding ortho intramolecular Hbond substituents is 1. The van der Waals surface area contributed by atoms with Gasteiger partial charge < -0.3 is 19.7 Å². The van der Waals surface area contributed by atoms with Crippen molar-refractivity contribution in [3.63, 3.8) is 0 Å².